The Labute approximate surface area is 79.5 Å². The number of hydrogen-bond acceptors (Lipinski definition) is 2. The number of hydrogen-bond donors (Lipinski definition) is 0. The number of thiophene rings is 2. The monoisotopic (exact) mass is 196 g/mol. The van der Waals surface area contributed by atoms with Gasteiger partial charge in [-0.15, -0.1) is 0 Å². The van der Waals surface area contributed by atoms with Crippen LogP contribution in [0.4, 0.5) is 0 Å². The van der Waals surface area contributed by atoms with Crippen LogP contribution in [-0.4, -0.2) is 11.0 Å². The molecule has 0 saturated heterocycles. The van der Waals surface area contributed by atoms with Crippen LogP contribution in [0.5, 0.6) is 0 Å². The van der Waals surface area contributed by atoms with Gasteiger partial charge in [0.2, 0.25) is 0 Å². The van der Waals surface area contributed by atoms with Gasteiger partial charge in [-0.3, -0.25) is 0 Å². The summed E-state index contributed by atoms with van der Waals surface area (Å²) in [6, 6.07) is 8.07. The van der Waals surface area contributed by atoms with Gasteiger partial charge in [0.15, 0.2) is 0 Å². The van der Waals surface area contributed by atoms with E-state index in [-0.39, 0.29) is 11.0 Å². The first-order valence-corrected chi connectivity index (χ1v) is 4.83. The lowest BCUT2D eigenvalue weighted by atomic mass is 10.7. The molecule has 0 fully saturated rings. The third-order valence-corrected chi connectivity index (χ3v) is 2.11. The van der Waals surface area contributed by atoms with Gasteiger partial charge < -0.3 is 0 Å². The maximum absolute atomic E-state index is 2.04. The molecular weight excluding hydrogens is 188 g/mol. The maximum atomic E-state index is 2.04. The second-order valence-electron chi connectivity index (χ2n) is 1.59. The van der Waals surface area contributed by atoms with Gasteiger partial charge in [-0.2, -0.15) is 22.7 Å². The van der Waals surface area contributed by atoms with Crippen LogP contribution in [0, 0.1) is 0 Å². The molecule has 0 nitrogen and oxygen atoms in total. The molecule has 0 aliphatic heterocycles. The first-order chi connectivity index (χ1) is 5.00. The number of rotatable bonds is 0. The summed E-state index contributed by atoms with van der Waals surface area (Å²) in [5, 5.41) is 8.17. The standard InChI is InChI=1S/2C4H4S.Si/c2*1-2-4-5-3-1;/h2*1-4H;. The molecule has 0 bridgehead atoms. The quantitative estimate of drug-likeness (QED) is 0.568. The second kappa shape index (κ2) is 7.72. The van der Waals surface area contributed by atoms with Crippen molar-refractivity contribution >= 4 is 33.6 Å². The maximum Gasteiger partial charge on any atom is 0 e. The molecule has 11 heavy (non-hydrogen) atoms. The molecule has 0 aliphatic carbocycles. The summed E-state index contributed by atoms with van der Waals surface area (Å²) >= 11 is 3.43. The van der Waals surface area contributed by atoms with Crippen molar-refractivity contribution in [2.75, 3.05) is 0 Å². The fraction of sp³-hybridized carbons (Fsp3) is 0. The zero-order valence-electron chi connectivity index (χ0n) is 5.94. The van der Waals surface area contributed by atoms with Crippen LogP contribution in [0.1, 0.15) is 0 Å². The molecule has 2 aromatic heterocycles. The van der Waals surface area contributed by atoms with E-state index in [0.29, 0.717) is 0 Å². The Hall–Kier alpha value is -0.383. The van der Waals surface area contributed by atoms with Crippen LogP contribution < -0.4 is 0 Å². The molecule has 0 saturated carbocycles. The third-order valence-electron chi connectivity index (χ3n) is 0.851. The van der Waals surface area contributed by atoms with Crippen molar-refractivity contribution < 1.29 is 0 Å². The lowest BCUT2D eigenvalue weighted by Crippen LogP contribution is -1.16. The van der Waals surface area contributed by atoms with E-state index in [1.54, 1.807) is 22.7 Å². The molecule has 2 aromatic rings. The topological polar surface area (TPSA) is 0 Å². The summed E-state index contributed by atoms with van der Waals surface area (Å²) in [6.07, 6.45) is 0. The summed E-state index contributed by atoms with van der Waals surface area (Å²) in [5.41, 5.74) is 0. The molecule has 0 spiro atoms. The van der Waals surface area contributed by atoms with Crippen molar-refractivity contribution in [2.24, 2.45) is 0 Å². The molecule has 56 valence electrons. The molecular formula is C8H8S2Si. The summed E-state index contributed by atoms with van der Waals surface area (Å²) in [5.74, 6) is 0. The second-order valence-corrected chi connectivity index (χ2v) is 3.22. The highest BCUT2D eigenvalue weighted by atomic mass is 32.1. The van der Waals surface area contributed by atoms with Crippen LogP contribution in [0.3, 0.4) is 0 Å². The van der Waals surface area contributed by atoms with Crippen molar-refractivity contribution in [3.8, 4) is 0 Å². The molecule has 0 aromatic carbocycles. The van der Waals surface area contributed by atoms with E-state index in [1.165, 1.54) is 0 Å². The summed E-state index contributed by atoms with van der Waals surface area (Å²) in [6.45, 7) is 0. The minimum absolute atomic E-state index is 0. The predicted octanol–water partition coefficient (Wildman–Crippen LogP) is 3.12. The third kappa shape index (κ3) is 6.03. The SMILES string of the molecule is [Si].c1ccsc1.c1ccsc1. The van der Waals surface area contributed by atoms with Crippen LogP contribution in [-0.2, 0) is 0 Å². The van der Waals surface area contributed by atoms with Gasteiger partial charge in [0, 0.05) is 11.0 Å². The van der Waals surface area contributed by atoms with Crippen LogP contribution in [0.15, 0.2) is 45.8 Å². The van der Waals surface area contributed by atoms with Crippen molar-refractivity contribution in [3.63, 3.8) is 0 Å². The van der Waals surface area contributed by atoms with Crippen LogP contribution in [0.25, 0.3) is 0 Å². The molecule has 0 atom stereocenters. The highest BCUT2D eigenvalue weighted by molar-refractivity contribution is 7.08. The van der Waals surface area contributed by atoms with E-state index in [4.69, 9.17) is 0 Å². The Morgan fingerprint density at radius 1 is 0.545 bits per heavy atom. The summed E-state index contributed by atoms with van der Waals surface area (Å²) < 4.78 is 0. The minimum atomic E-state index is 0. The van der Waals surface area contributed by atoms with Gasteiger partial charge in [-0.25, -0.2) is 0 Å². The largest absolute Gasteiger partial charge is 0.152 e. The molecule has 4 radical (unpaired) electrons. The van der Waals surface area contributed by atoms with E-state index in [0.717, 1.165) is 0 Å². The van der Waals surface area contributed by atoms with Crippen LogP contribution >= 0.6 is 22.7 Å². The molecule has 2 heterocycles. The zero-order valence-corrected chi connectivity index (χ0v) is 8.57. The van der Waals surface area contributed by atoms with Gasteiger partial charge in [-0.1, -0.05) is 24.3 Å². The first kappa shape index (κ1) is 10.6. The van der Waals surface area contributed by atoms with E-state index >= 15 is 0 Å². The normalized spacial score (nSPS) is 7.27. The van der Waals surface area contributed by atoms with Gasteiger partial charge >= 0.3 is 0 Å². The Morgan fingerprint density at radius 3 is 0.909 bits per heavy atom. The van der Waals surface area contributed by atoms with E-state index in [2.05, 4.69) is 0 Å². The molecule has 0 N–H and O–H groups in total. The highest BCUT2D eigenvalue weighted by Gasteiger charge is 1.59. The fourth-order valence-corrected chi connectivity index (χ4v) is 1.36. The molecule has 3 heteroatoms. The highest BCUT2D eigenvalue weighted by Crippen LogP contribution is 1.92. The van der Waals surface area contributed by atoms with Crippen molar-refractivity contribution in [3.05, 3.63) is 45.8 Å². The average molecular weight is 196 g/mol. The minimum Gasteiger partial charge on any atom is -0.152 e. The smallest absolute Gasteiger partial charge is 0 e. The summed E-state index contributed by atoms with van der Waals surface area (Å²) in [7, 11) is 0. The summed E-state index contributed by atoms with van der Waals surface area (Å²) in [4.78, 5) is 0. The lowest BCUT2D eigenvalue weighted by Gasteiger charge is -1.39. The molecule has 2 rings (SSSR count). The van der Waals surface area contributed by atoms with E-state index in [1.807, 2.05) is 45.8 Å². The molecule has 0 amide bonds. The molecule has 0 unspecified atom stereocenters. The van der Waals surface area contributed by atoms with Gasteiger partial charge in [0.1, 0.15) is 0 Å². The van der Waals surface area contributed by atoms with E-state index in [9.17, 15) is 0 Å². The predicted molar refractivity (Wildman–Crippen MR) is 54.4 cm³/mol. The Bertz CT molecular complexity index is 151. The van der Waals surface area contributed by atoms with Gasteiger partial charge in [0.25, 0.3) is 0 Å². The Balaban J connectivity index is 0.000000167. The van der Waals surface area contributed by atoms with Crippen LogP contribution in [0.2, 0.25) is 0 Å². The van der Waals surface area contributed by atoms with Crippen molar-refractivity contribution in [2.45, 2.75) is 0 Å². The zero-order chi connectivity index (χ0) is 7.07. The lowest BCUT2D eigenvalue weighted by molar-refractivity contribution is 2.03. The molecule has 0 aliphatic rings. The van der Waals surface area contributed by atoms with Gasteiger partial charge in [-0.05, 0) is 21.5 Å². The average Bonchev–Trinajstić information content (AvgIpc) is 2.67. The van der Waals surface area contributed by atoms with Crippen molar-refractivity contribution in [1.82, 2.24) is 0 Å². The van der Waals surface area contributed by atoms with Gasteiger partial charge in [0.05, 0.1) is 0 Å². The Morgan fingerprint density at radius 2 is 0.818 bits per heavy atom. The fourth-order valence-electron chi connectivity index (χ4n) is 0.454. The van der Waals surface area contributed by atoms with Crippen molar-refractivity contribution in [1.29, 1.82) is 0 Å². The van der Waals surface area contributed by atoms with E-state index < -0.39 is 0 Å². The Kier molecular flexibility index (Phi) is 7.45. The first-order valence-electron chi connectivity index (χ1n) is 2.94.